The molecule has 2 aliphatic heterocycles. The monoisotopic (exact) mass is 386 g/mol. The molecule has 9 nitrogen and oxygen atoms in total. The molecule has 9 heteroatoms. The van der Waals surface area contributed by atoms with Gasteiger partial charge in [0.25, 0.3) is 0 Å². The number of amides is 6. The molecule has 6 amide bonds. The maximum absolute atomic E-state index is 13.0. The number of fused-ring (bicyclic) bond motifs is 1. The van der Waals surface area contributed by atoms with Crippen LogP contribution in [0.3, 0.4) is 0 Å². The minimum Gasteiger partial charge on any atom is -0.324 e. The summed E-state index contributed by atoms with van der Waals surface area (Å²) in [5, 5.41) is 2.74. The Morgan fingerprint density at radius 2 is 1.75 bits per heavy atom. The fraction of sp³-hybridized carbons (Fsp3) is 0.421. The van der Waals surface area contributed by atoms with Crippen LogP contribution in [0.25, 0.3) is 0 Å². The lowest BCUT2D eigenvalue weighted by molar-refractivity contribution is -0.144. The fourth-order valence-corrected chi connectivity index (χ4v) is 3.40. The Kier molecular flexibility index (Phi) is 5.17. The SMILES string of the molecule is CC(C)CN1C(=O)C(=O)N(CC(=O)N2c3ccccc3NC(=O)C[C@@H]2C)C1=O. The standard InChI is InChI=1S/C19H22N4O5/c1-11(2)9-21-17(26)18(27)22(19(21)28)10-16(25)23-12(3)8-15(24)20-13-6-4-5-7-14(13)23/h4-7,11-12H,8-10H2,1-3H3,(H,20,24)/t12-/m0/s1. The highest BCUT2D eigenvalue weighted by Crippen LogP contribution is 2.31. The Labute approximate surface area is 162 Å². The van der Waals surface area contributed by atoms with Crippen molar-refractivity contribution in [1.82, 2.24) is 9.80 Å². The number of hydrogen-bond acceptors (Lipinski definition) is 5. The van der Waals surface area contributed by atoms with Crippen molar-refractivity contribution in [3.05, 3.63) is 24.3 Å². The van der Waals surface area contributed by atoms with Gasteiger partial charge in [0, 0.05) is 19.0 Å². The number of para-hydroxylation sites is 2. The van der Waals surface area contributed by atoms with Crippen molar-refractivity contribution in [2.24, 2.45) is 5.92 Å². The molecule has 0 aliphatic carbocycles. The number of nitrogens with zero attached hydrogens (tertiary/aromatic N) is 3. The Hall–Kier alpha value is -3.23. The van der Waals surface area contributed by atoms with Crippen LogP contribution < -0.4 is 10.2 Å². The largest absolute Gasteiger partial charge is 0.334 e. The quantitative estimate of drug-likeness (QED) is 0.618. The van der Waals surface area contributed by atoms with Gasteiger partial charge in [-0.15, -0.1) is 0 Å². The van der Waals surface area contributed by atoms with E-state index in [0.29, 0.717) is 16.3 Å². The molecule has 0 bridgehead atoms. The maximum atomic E-state index is 13.0. The third-order valence-electron chi connectivity index (χ3n) is 4.60. The first kappa shape index (κ1) is 19.5. The van der Waals surface area contributed by atoms with Gasteiger partial charge in [0.1, 0.15) is 6.54 Å². The number of benzene rings is 1. The number of nitrogens with one attached hydrogen (secondary N) is 1. The van der Waals surface area contributed by atoms with E-state index in [4.69, 9.17) is 0 Å². The van der Waals surface area contributed by atoms with Gasteiger partial charge in [0.15, 0.2) is 0 Å². The zero-order valence-electron chi connectivity index (χ0n) is 16.0. The van der Waals surface area contributed by atoms with Gasteiger partial charge in [-0.25, -0.2) is 9.69 Å². The van der Waals surface area contributed by atoms with E-state index in [2.05, 4.69) is 5.32 Å². The number of rotatable bonds is 4. The minimum atomic E-state index is -1.01. The number of imide groups is 2. The summed E-state index contributed by atoms with van der Waals surface area (Å²) in [4.78, 5) is 64.9. The van der Waals surface area contributed by atoms with E-state index in [1.165, 1.54) is 4.90 Å². The molecule has 1 aromatic carbocycles. The summed E-state index contributed by atoms with van der Waals surface area (Å²) in [5.41, 5.74) is 0.956. The first-order valence-electron chi connectivity index (χ1n) is 9.09. The van der Waals surface area contributed by atoms with Crippen molar-refractivity contribution in [3.63, 3.8) is 0 Å². The smallest absolute Gasteiger partial charge is 0.324 e. The Morgan fingerprint density at radius 1 is 1.11 bits per heavy atom. The molecule has 0 aromatic heterocycles. The minimum absolute atomic E-state index is 0.00838. The van der Waals surface area contributed by atoms with Crippen molar-refractivity contribution < 1.29 is 24.0 Å². The first-order valence-corrected chi connectivity index (χ1v) is 9.09. The van der Waals surface area contributed by atoms with E-state index in [9.17, 15) is 24.0 Å². The molecule has 1 fully saturated rings. The molecule has 1 atom stereocenters. The van der Waals surface area contributed by atoms with Crippen molar-refractivity contribution >= 4 is 41.0 Å². The van der Waals surface area contributed by atoms with Crippen molar-refractivity contribution in [2.75, 3.05) is 23.3 Å². The Morgan fingerprint density at radius 3 is 2.43 bits per heavy atom. The second kappa shape index (κ2) is 7.41. The van der Waals surface area contributed by atoms with Crippen molar-refractivity contribution in [1.29, 1.82) is 0 Å². The predicted octanol–water partition coefficient (Wildman–Crippen LogP) is 1.20. The lowest BCUT2D eigenvalue weighted by Gasteiger charge is -2.29. The number of hydrogen-bond donors (Lipinski definition) is 1. The lowest BCUT2D eigenvalue weighted by Crippen LogP contribution is -2.47. The van der Waals surface area contributed by atoms with Gasteiger partial charge in [0.2, 0.25) is 11.8 Å². The zero-order chi connectivity index (χ0) is 20.6. The molecule has 3 rings (SSSR count). The molecule has 148 valence electrons. The van der Waals surface area contributed by atoms with Crippen molar-refractivity contribution in [2.45, 2.75) is 33.2 Å². The predicted molar refractivity (Wildman–Crippen MR) is 100 cm³/mol. The summed E-state index contributed by atoms with van der Waals surface area (Å²) in [6.07, 6.45) is 0.0702. The highest BCUT2D eigenvalue weighted by Gasteiger charge is 2.46. The van der Waals surface area contributed by atoms with Gasteiger partial charge < -0.3 is 10.2 Å². The van der Waals surface area contributed by atoms with Crippen LogP contribution >= 0.6 is 0 Å². The zero-order valence-corrected chi connectivity index (χ0v) is 16.0. The molecule has 0 radical (unpaired) electrons. The van der Waals surface area contributed by atoms with Crippen LogP contribution in [-0.4, -0.2) is 58.6 Å². The molecule has 28 heavy (non-hydrogen) atoms. The van der Waals surface area contributed by atoms with Crippen LogP contribution in [0.1, 0.15) is 27.2 Å². The Bertz CT molecular complexity index is 866. The number of urea groups is 1. The van der Waals surface area contributed by atoms with E-state index in [1.807, 2.05) is 13.8 Å². The van der Waals surface area contributed by atoms with Crippen LogP contribution in [0.15, 0.2) is 24.3 Å². The van der Waals surface area contributed by atoms with Crippen LogP contribution in [0.5, 0.6) is 0 Å². The number of carbonyl (C=O) groups is 5. The number of anilines is 2. The fourth-order valence-electron chi connectivity index (χ4n) is 3.40. The average molecular weight is 386 g/mol. The van der Waals surface area contributed by atoms with Crippen molar-refractivity contribution in [3.8, 4) is 0 Å². The molecular formula is C19H22N4O5. The summed E-state index contributed by atoms with van der Waals surface area (Å²) in [5.74, 6) is -2.72. The van der Waals surface area contributed by atoms with E-state index < -0.39 is 36.3 Å². The van der Waals surface area contributed by atoms with Crippen LogP contribution in [0.4, 0.5) is 16.2 Å². The lowest BCUT2D eigenvalue weighted by atomic mass is 10.1. The molecule has 2 heterocycles. The van der Waals surface area contributed by atoms with Gasteiger partial charge in [-0.3, -0.25) is 24.1 Å². The summed E-state index contributed by atoms with van der Waals surface area (Å²) < 4.78 is 0. The first-order chi connectivity index (χ1) is 13.2. The summed E-state index contributed by atoms with van der Waals surface area (Å²) in [6, 6.07) is 5.54. The highest BCUT2D eigenvalue weighted by atomic mass is 16.2. The van der Waals surface area contributed by atoms with E-state index in [1.54, 1.807) is 31.2 Å². The van der Waals surface area contributed by atoms with Gasteiger partial charge >= 0.3 is 17.8 Å². The van der Waals surface area contributed by atoms with Crippen LogP contribution in [-0.2, 0) is 19.2 Å². The molecular weight excluding hydrogens is 364 g/mol. The highest BCUT2D eigenvalue weighted by molar-refractivity contribution is 6.45. The second-order valence-corrected chi connectivity index (χ2v) is 7.37. The van der Waals surface area contributed by atoms with Gasteiger partial charge in [-0.1, -0.05) is 26.0 Å². The second-order valence-electron chi connectivity index (χ2n) is 7.37. The summed E-state index contributed by atoms with van der Waals surface area (Å²) >= 11 is 0. The summed E-state index contributed by atoms with van der Waals surface area (Å²) in [7, 11) is 0. The molecule has 0 saturated carbocycles. The number of carbonyl (C=O) groups excluding carboxylic acids is 5. The molecule has 2 aliphatic rings. The molecule has 1 saturated heterocycles. The van der Waals surface area contributed by atoms with E-state index >= 15 is 0 Å². The van der Waals surface area contributed by atoms with Gasteiger partial charge in [0.05, 0.1) is 11.4 Å². The average Bonchev–Trinajstić information content (AvgIpc) is 2.75. The topological polar surface area (TPSA) is 107 Å². The Balaban J connectivity index is 1.86. The summed E-state index contributed by atoms with van der Waals surface area (Å²) in [6.45, 7) is 4.89. The third-order valence-corrected chi connectivity index (χ3v) is 4.60. The molecule has 0 spiro atoms. The normalized spacial score (nSPS) is 19.9. The van der Waals surface area contributed by atoms with Gasteiger partial charge in [-0.2, -0.15) is 0 Å². The van der Waals surface area contributed by atoms with Crippen LogP contribution in [0.2, 0.25) is 0 Å². The molecule has 0 unspecified atom stereocenters. The van der Waals surface area contributed by atoms with E-state index in [-0.39, 0.29) is 24.8 Å². The molecule has 1 N–H and O–H groups in total. The maximum Gasteiger partial charge on any atom is 0.334 e. The van der Waals surface area contributed by atoms with E-state index in [0.717, 1.165) is 4.90 Å². The van der Waals surface area contributed by atoms with Gasteiger partial charge in [-0.05, 0) is 25.0 Å². The molecule has 1 aromatic rings. The van der Waals surface area contributed by atoms with Crippen LogP contribution in [0, 0.1) is 5.92 Å². The third kappa shape index (κ3) is 3.47.